The number of thiol groups is 1. The summed E-state index contributed by atoms with van der Waals surface area (Å²) in [6.45, 7) is 6.50. The van der Waals surface area contributed by atoms with Gasteiger partial charge in [0.25, 0.3) is 0 Å². The van der Waals surface area contributed by atoms with Crippen LogP contribution in [0.3, 0.4) is 0 Å². The molecule has 0 heterocycles. The van der Waals surface area contributed by atoms with Crippen molar-refractivity contribution in [3.63, 3.8) is 0 Å². The van der Waals surface area contributed by atoms with Gasteiger partial charge in [-0.1, -0.05) is 39.0 Å². The topological polar surface area (TPSA) is 20.2 Å². The number of aromatic hydroxyl groups is 1. The number of phenols is 1. The lowest BCUT2D eigenvalue weighted by Crippen LogP contribution is -2.10. The monoisotopic (exact) mass is 236 g/mol. The molecule has 0 spiro atoms. The summed E-state index contributed by atoms with van der Waals surface area (Å²) in [7, 11) is 0. The van der Waals surface area contributed by atoms with Crippen LogP contribution in [0.2, 0.25) is 0 Å². The fourth-order valence-corrected chi connectivity index (χ4v) is 1.59. The zero-order valence-electron chi connectivity index (χ0n) is 10.2. The summed E-state index contributed by atoms with van der Waals surface area (Å²) in [6, 6.07) is 5.79. The van der Waals surface area contributed by atoms with E-state index in [9.17, 15) is 5.11 Å². The van der Waals surface area contributed by atoms with Gasteiger partial charge in [-0.05, 0) is 35.3 Å². The highest BCUT2D eigenvalue weighted by Gasteiger charge is 2.14. The molecule has 0 atom stereocenters. The summed E-state index contributed by atoms with van der Waals surface area (Å²) in [5, 5.41) is 9.73. The fourth-order valence-electron chi connectivity index (χ4n) is 1.44. The van der Waals surface area contributed by atoms with Crippen molar-refractivity contribution in [1.29, 1.82) is 0 Å². The Hall–Kier alpha value is -0.890. The van der Waals surface area contributed by atoms with Gasteiger partial charge in [0, 0.05) is 5.56 Å². The van der Waals surface area contributed by atoms with E-state index in [1.807, 2.05) is 24.3 Å². The molecule has 0 bridgehead atoms. The Labute approximate surface area is 104 Å². The van der Waals surface area contributed by atoms with E-state index in [-0.39, 0.29) is 5.41 Å². The minimum Gasteiger partial charge on any atom is -0.507 e. The second-order valence-electron chi connectivity index (χ2n) is 4.94. The quantitative estimate of drug-likeness (QED) is 0.759. The third kappa shape index (κ3) is 3.60. The fraction of sp³-hybridized carbons (Fsp3) is 0.429. The molecular formula is C14H20OS. The molecule has 1 aromatic rings. The first-order valence-electron chi connectivity index (χ1n) is 5.56. The second-order valence-corrected chi connectivity index (χ2v) is 5.39. The van der Waals surface area contributed by atoms with Crippen molar-refractivity contribution in [2.75, 3.05) is 5.75 Å². The predicted molar refractivity (Wildman–Crippen MR) is 74.3 cm³/mol. The third-order valence-corrected chi connectivity index (χ3v) is 2.74. The number of hydrogen-bond donors (Lipinski definition) is 2. The minimum atomic E-state index is 0.111. The van der Waals surface area contributed by atoms with Crippen molar-refractivity contribution in [2.45, 2.75) is 32.6 Å². The Morgan fingerprint density at radius 2 is 2.00 bits per heavy atom. The van der Waals surface area contributed by atoms with Crippen LogP contribution in [0.5, 0.6) is 5.75 Å². The molecule has 1 aromatic carbocycles. The Morgan fingerprint density at radius 1 is 1.31 bits per heavy atom. The van der Waals surface area contributed by atoms with E-state index in [2.05, 4.69) is 33.4 Å². The zero-order valence-corrected chi connectivity index (χ0v) is 11.1. The van der Waals surface area contributed by atoms with Gasteiger partial charge in [-0.3, -0.25) is 0 Å². The van der Waals surface area contributed by atoms with Crippen molar-refractivity contribution in [2.24, 2.45) is 0 Å². The number of phenolic OH excluding ortho intramolecular Hbond substituents is 1. The predicted octanol–water partition coefficient (Wildman–Crippen LogP) is 4.02. The molecule has 0 aromatic heterocycles. The first kappa shape index (κ1) is 13.2. The summed E-state index contributed by atoms with van der Waals surface area (Å²) < 4.78 is 0. The zero-order chi connectivity index (χ0) is 12.2. The molecule has 2 heteroatoms. The molecule has 88 valence electrons. The number of rotatable bonds is 3. The van der Waals surface area contributed by atoms with Crippen LogP contribution in [0.1, 0.15) is 38.3 Å². The summed E-state index contributed by atoms with van der Waals surface area (Å²) in [5.41, 5.74) is 2.23. The van der Waals surface area contributed by atoms with E-state index in [4.69, 9.17) is 0 Å². The molecule has 1 nitrogen and oxygen atoms in total. The number of allylic oxidation sites excluding steroid dienone is 1. The van der Waals surface area contributed by atoms with Crippen LogP contribution >= 0.6 is 12.6 Å². The molecule has 0 aliphatic heterocycles. The highest BCUT2D eigenvalue weighted by atomic mass is 32.1. The molecule has 0 aliphatic rings. The Morgan fingerprint density at radius 3 is 2.56 bits per heavy atom. The minimum absolute atomic E-state index is 0.111. The summed E-state index contributed by atoms with van der Waals surface area (Å²) in [6.07, 6.45) is 4.91. The maximum Gasteiger partial charge on any atom is 0.122 e. The van der Waals surface area contributed by atoms with Gasteiger partial charge in [-0.15, -0.1) is 0 Å². The molecule has 0 amide bonds. The molecule has 0 radical (unpaired) electrons. The van der Waals surface area contributed by atoms with Gasteiger partial charge in [0.2, 0.25) is 0 Å². The van der Waals surface area contributed by atoms with Crippen LogP contribution in [0.4, 0.5) is 0 Å². The van der Waals surface area contributed by atoms with Crippen molar-refractivity contribution < 1.29 is 5.11 Å². The van der Waals surface area contributed by atoms with Crippen molar-refractivity contribution in [1.82, 2.24) is 0 Å². The molecule has 0 saturated carbocycles. The summed E-state index contributed by atoms with van der Waals surface area (Å²) in [4.78, 5) is 0. The molecule has 1 rings (SSSR count). The molecule has 1 N–H and O–H groups in total. The van der Waals surface area contributed by atoms with Crippen LogP contribution in [-0.4, -0.2) is 10.9 Å². The van der Waals surface area contributed by atoms with Gasteiger partial charge in [0.1, 0.15) is 5.75 Å². The van der Waals surface area contributed by atoms with Crippen LogP contribution in [0.25, 0.3) is 6.08 Å². The molecule has 0 saturated heterocycles. The van der Waals surface area contributed by atoms with Gasteiger partial charge in [0.15, 0.2) is 0 Å². The Kier molecular flexibility index (Phi) is 4.48. The van der Waals surface area contributed by atoms with E-state index in [0.717, 1.165) is 17.7 Å². The van der Waals surface area contributed by atoms with Crippen molar-refractivity contribution in [3.05, 3.63) is 35.4 Å². The maximum atomic E-state index is 9.73. The van der Waals surface area contributed by atoms with E-state index < -0.39 is 0 Å². The standard InChI is InChI=1S/C14H20OS/c1-14(2,3)12-7-8-13(15)11(10-12)6-4-5-9-16/h4,6-8,10,15-16H,5,9H2,1-3H3. The molecule has 0 fully saturated rings. The first-order valence-corrected chi connectivity index (χ1v) is 6.19. The molecular weight excluding hydrogens is 216 g/mol. The number of benzene rings is 1. The average Bonchev–Trinajstić information content (AvgIpc) is 2.19. The SMILES string of the molecule is CC(C)(C)c1ccc(O)c(C=CCCS)c1. The Balaban J connectivity index is 3.00. The van der Waals surface area contributed by atoms with Crippen LogP contribution in [-0.2, 0) is 5.41 Å². The molecule has 0 unspecified atom stereocenters. The van der Waals surface area contributed by atoms with Crippen molar-refractivity contribution >= 4 is 18.7 Å². The lowest BCUT2D eigenvalue weighted by atomic mass is 9.86. The molecule has 0 aliphatic carbocycles. The van der Waals surface area contributed by atoms with Gasteiger partial charge in [0.05, 0.1) is 0 Å². The largest absolute Gasteiger partial charge is 0.507 e. The van der Waals surface area contributed by atoms with Crippen LogP contribution in [0.15, 0.2) is 24.3 Å². The highest BCUT2D eigenvalue weighted by Crippen LogP contribution is 2.28. The highest BCUT2D eigenvalue weighted by molar-refractivity contribution is 7.80. The lowest BCUT2D eigenvalue weighted by Gasteiger charge is -2.19. The van der Waals surface area contributed by atoms with E-state index >= 15 is 0 Å². The Bertz CT molecular complexity index is 375. The maximum absolute atomic E-state index is 9.73. The van der Waals surface area contributed by atoms with Gasteiger partial charge in [-0.2, -0.15) is 12.6 Å². The second kappa shape index (κ2) is 5.44. The lowest BCUT2D eigenvalue weighted by molar-refractivity contribution is 0.472. The van der Waals surface area contributed by atoms with Crippen LogP contribution < -0.4 is 0 Å². The summed E-state index contributed by atoms with van der Waals surface area (Å²) in [5.74, 6) is 1.17. The average molecular weight is 236 g/mol. The summed E-state index contributed by atoms with van der Waals surface area (Å²) >= 11 is 4.15. The normalized spacial score (nSPS) is 12.2. The number of hydrogen-bond acceptors (Lipinski definition) is 2. The van der Waals surface area contributed by atoms with E-state index in [1.165, 1.54) is 5.56 Å². The first-order chi connectivity index (χ1) is 7.45. The van der Waals surface area contributed by atoms with Gasteiger partial charge < -0.3 is 5.11 Å². The smallest absolute Gasteiger partial charge is 0.122 e. The van der Waals surface area contributed by atoms with Gasteiger partial charge in [-0.25, -0.2) is 0 Å². The van der Waals surface area contributed by atoms with E-state index in [1.54, 1.807) is 6.07 Å². The molecule has 16 heavy (non-hydrogen) atoms. The van der Waals surface area contributed by atoms with E-state index in [0.29, 0.717) is 5.75 Å². The third-order valence-electron chi connectivity index (χ3n) is 2.49. The van der Waals surface area contributed by atoms with Gasteiger partial charge >= 0.3 is 0 Å². The van der Waals surface area contributed by atoms with Crippen LogP contribution in [0, 0.1) is 0 Å². The van der Waals surface area contributed by atoms with Crippen molar-refractivity contribution in [3.8, 4) is 5.75 Å².